The van der Waals surface area contributed by atoms with E-state index in [0.717, 1.165) is 28.8 Å². The Balaban J connectivity index is 2.02. The van der Waals surface area contributed by atoms with Crippen molar-refractivity contribution >= 4 is 33.9 Å². The molecule has 4 rings (SSSR count). The zero-order valence-electron chi connectivity index (χ0n) is 28.0. The molecule has 2 atom stereocenters. The summed E-state index contributed by atoms with van der Waals surface area (Å²) in [6.07, 6.45) is -1.01. The van der Waals surface area contributed by atoms with Crippen LogP contribution in [0.4, 0.5) is 10.3 Å². The minimum Gasteiger partial charge on any atom is -0.494 e. The normalized spacial score (nSPS) is 13.5. The van der Waals surface area contributed by atoms with E-state index in [-0.39, 0.29) is 35.4 Å². The Morgan fingerprint density at radius 2 is 1.56 bits per heavy atom. The van der Waals surface area contributed by atoms with Crippen LogP contribution in [0.5, 0.6) is 17.4 Å². The molecule has 0 aliphatic heterocycles. The third-order valence-corrected chi connectivity index (χ3v) is 12.7. The van der Waals surface area contributed by atoms with Crippen molar-refractivity contribution in [3.63, 3.8) is 0 Å². The van der Waals surface area contributed by atoms with Crippen molar-refractivity contribution in [1.29, 1.82) is 0 Å². The average molecular weight is 722 g/mol. The molecule has 0 radical (unpaired) electrons. The molecule has 0 fully saturated rings. The van der Waals surface area contributed by atoms with Crippen LogP contribution in [-0.2, 0) is 19.9 Å². The number of aliphatic hydroxyl groups excluding tert-OH is 1. The molecule has 1 N–H and O–H groups in total. The SMILES string of the molecule is COc1cccc(-c2nnc(N(CC[Si-](C)(C)C)S(=O)(=O)[C@H](C)[C@H](O)c3ccc(F)cc3S(C)(=O)=O)n2-c2c(OC)cccc2OC)n1. The van der Waals surface area contributed by atoms with Crippen LogP contribution in [0.3, 0.4) is 0 Å². The zero-order chi connectivity index (χ0) is 35.6. The Bertz CT molecular complexity index is 1980. The average Bonchev–Trinajstić information content (AvgIpc) is 3.46. The summed E-state index contributed by atoms with van der Waals surface area (Å²) in [5, 5.41) is 18.6. The van der Waals surface area contributed by atoms with E-state index in [0.29, 0.717) is 23.2 Å². The van der Waals surface area contributed by atoms with E-state index in [1.807, 2.05) is 0 Å². The summed E-state index contributed by atoms with van der Waals surface area (Å²) >= 11 is 0. The molecular formula is C31H40FN5O8S2Si-. The molecule has 0 unspecified atom stereocenters. The van der Waals surface area contributed by atoms with Crippen LogP contribution in [0.15, 0.2) is 59.5 Å². The van der Waals surface area contributed by atoms with Gasteiger partial charge in [0, 0.05) is 24.4 Å². The number of aliphatic hydroxyl groups is 1. The van der Waals surface area contributed by atoms with E-state index in [1.165, 1.54) is 32.8 Å². The number of ether oxygens (including phenoxy) is 3. The number of benzene rings is 2. The lowest BCUT2D eigenvalue weighted by atomic mass is 10.1. The first kappa shape index (κ1) is 36.8. The number of sulfone groups is 1. The first-order valence-corrected chi connectivity index (χ1v) is 21.9. The lowest BCUT2D eigenvalue weighted by Crippen LogP contribution is -2.44. The van der Waals surface area contributed by atoms with Gasteiger partial charge in [-0.2, -0.15) is 19.6 Å². The Morgan fingerprint density at radius 1 is 0.938 bits per heavy atom. The van der Waals surface area contributed by atoms with Crippen molar-refractivity contribution in [3.8, 4) is 34.6 Å². The van der Waals surface area contributed by atoms with Gasteiger partial charge in [-0.3, -0.25) is 4.57 Å². The maximum atomic E-state index is 14.7. The maximum Gasteiger partial charge on any atom is 0.246 e. The predicted octanol–water partition coefficient (Wildman–Crippen LogP) is 4.49. The van der Waals surface area contributed by atoms with E-state index in [9.17, 15) is 26.3 Å². The van der Waals surface area contributed by atoms with Crippen LogP contribution >= 0.6 is 0 Å². The van der Waals surface area contributed by atoms with Gasteiger partial charge in [0.05, 0.1) is 32.3 Å². The summed E-state index contributed by atoms with van der Waals surface area (Å²) in [6, 6.07) is 13.3. The fourth-order valence-electron chi connectivity index (χ4n) is 4.98. The standard InChI is InChI=1S/C31H40FN5O8S2Si/c1-20(29(38)22-16-15-21(32)19-26(22)46(5,39)40)47(41,42)36(17-18-48(6,7)8)31-35-34-30(23-11-9-14-27(33-23)45-4)37(31)28-24(43-2)12-10-13-25(28)44-3/h9-16,19-20,29,38H,17-18H2,1-8H3/q-1/t20-,29+/m1/s1. The molecule has 0 aliphatic carbocycles. The molecule has 13 nitrogen and oxygen atoms in total. The van der Waals surface area contributed by atoms with E-state index >= 15 is 0 Å². The largest absolute Gasteiger partial charge is 0.494 e. The highest BCUT2D eigenvalue weighted by molar-refractivity contribution is 7.93. The summed E-state index contributed by atoms with van der Waals surface area (Å²) in [7, 11) is -6.19. The van der Waals surface area contributed by atoms with Crippen LogP contribution < -0.4 is 18.5 Å². The molecule has 0 bridgehead atoms. The van der Waals surface area contributed by atoms with Gasteiger partial charge >= 0.3 is 0 Å². The first-order valence-electron chi connectivity index (χ1n) is 14.8. The van der Waals surface area contributed by atoms with Crippen molar-refractivity contribution < 1.29 is 40.5 Å². The lowest BCUT2D eigenvalue weighted by Gasteiger charge is -2.34. The lowest BCUT2D eigenvalue weighted by molar-refractivity contribution is 0.172. The molecule has 2 heterocycles. The number of nitrogens with zero attached hydrogens (tertiary/aromatic N) is 5. The smallest absolute Gasteiger partial charge is 0.246 e. The number of para-hydroxylation sites is 1. The molecule has 0 spiro atoms. The summed E-state index contributed by atoms with van der Waals surface area (Å²) in [5.41, 5.74) is 0.316. The molecular weight excluding hydrogens is 682 g/mol. The van der Waals surface area contributed by atoms with Gasteiger partial charge in [-0.25, -0.2) is 30.5 Å². The van der Waals surface area contributed by atoms with Crippen molar-refractivity contribution in [2.24, 2.45) is 0 Å². The Hall–Kier alpha value is -4.06. The first-order chi connectivity index (χ1) is 22.4. The van der Waals surface area contributed by atoms with Crippen molar-refractivity contribution in [3.05, 3.63) is 66.0 Å². The van der Waals surface area contributed by atoms with E-state index in [2.05, 4.69) is 34.8 Å². The van der Waals surface area contributed by atoms with Crippen LogP contribution in [0, 0.1) is 5.82 Å². The fourth-order valence-corrected chi connectivity index (χ4v) is 8.55. The summed E-state index contributed by atoms with van der Waals surface area (Å²) < 4.78 is 87.9. The molecule has 4 aromatic rings. The van der Waals surface area contributed by atoms with E-state index in [1.54, 1.807) is 36.4 Å². The van der Waals surface area contributed by atoms with Crippen LogP contribution in [0.2, 0.25) is 25.7 Å². The second-order valence-corrected chi connectivity index (χ2v) is 22.1. The monoisotopic (exact) mass is 721 g/mol. The van der Waals surface area contributed by atoms with Crippen LogP contribution in [0.25, 0.3) is 17.2 Å². The Labute approximate surface area is 281 Å². The molecule has 0 saturated heterocycles. The van der Waals surface area contributed by atoms with Crippen molar-refractivity contribution in [2.75, 3.05) is 38.4 Å². The highest BCUT2D eigenvalue weighted by atomic mass is 32.2. The van der Waals surface area contributed by atoms with Gasteiger partial charge < -0.3 is 19.3 Å². The molecule has 261 valence electrons. The quantitative estimate of drug-likeness (QED) is 0.183. The summed E-state index contributed by atoms with van der Waals surface area (Å²) in [6.45, 7) is 7.43. The van der Waals surface area contributed by atoms with Crippen molar-refractivity contribution in [1.82, 2.24) is 19.7 Å². The minimum atomic E-state index is -4.58. The van der Waals surface area contributed by atoms with Gasteiger partial charge in [0.1, 0.15) is 33.9 Å². The number of anilines is 1. The van der Waals surface area contributed by atoms with Gasteiger partial charge in [0.25, 0.3) is 0 Å². The zero-order valence-corrected chi connectivity index (χ0v) is 30.6. The molecule has 17 heteroatoms. The van der Waals surface area contributed by atoms with Gasteiger partial charge in [-0.1, -0.05) is 18.2 Å². The highest BCUT2D eigenvalue weighted by Gasteiger charge is 2.40. The predicted molar refractivity (Wildman–Crippen MR) is 183 cm³/mol. The molecule has 0 amide bonds. The molecule has 0 aliphatic rings. The number of hydrogen-bond donors (Lipinski definition) is 1. The van der Waals surface area contributed by atoms with Gasteiger partial charge in [-0.15, -0.1) is 24.3 Å². The fraction of sp³-hybridized carbons (Fsp3) is 0.387. The number of aromatic nitrogens is 4. The van der Waals surface area contributed by atoms with Crippen LogP contribution in [0.1, 0.15) is 18.6 Å². The number of halogens is 1. The number of hydrogen-bond acceptors (Lipinski definition) is 11. The molecule has 48 heavy (non-hydrogen) atoms. The van der Waals surface area contributed by atoms with Gasteiger partial charge in [0.15, 0.2) is 15.7 Å². The van der Waals surface area contributed by atoms with E-state index < -0.39 is 50.0 Å². The summed E-state index contributed by atoms with van der Waals surface area (Å²) in [5.74, 6) is 0.00874. The Morgan fingerprint density at radius 3 is 2.12 bits per heavy atom. The number of sulfonamides is 1. The minimum absolute atomic E-state index is 0.0569. The third kappa shape index (κ3) is 7.64. The van der Waals surface area contributed by atoms with E-state index in [4.69, 9.17) is 14.2 Å². The second kappa shape index (κ2) is 14.2. The van der Waals surface area contributed by atoms with Crippen LogP contribution in [-0.4, -0.2) is 89.1 Å². The van der Waals surface area contributed by atoms with Gasteiger partial charge in [0.2, 0.25) is 21.9 Å². The number of pyridine rings is 1. The van der Waals surface area contributed by atoms with Gasteiger partial charge in [-0.05, 0) is 37.3 Å². The van der Waals surface area contributed by atoms with Crippen molar-refractivity contribution in [2.45, 2.75) is 48.9 Å². The molecule has 2 aromatic carbocycles. The second-order valence-electron chi connectivity index (χ2n) is 12.3. The topological polar surface area (TPSA) is 163 Å². The highest BCUT2D eigenvalue weighted by Crippen LogP contribution is 2.40. The molecule has 0 saturated carbocycles. The Kier molecular flexibility index (Phi) is 10.9. The maximum absolute atomic E-state index is 14.7. The number of methoxy groups -OCH3 is 3. The third-order valence-electron chi connectivity index (χ3n) is 7.64. The molecule has 2 aromatic heterocycles. The number of rotatable bonds is 14. The summed E-state index contributed by atoms with van der Waals surface area (Å²) in [4.78, 5) is 3.99.